The highest BCUT2D eigenvalue weighted by Gasteiger charge is 2.47. The maximum atomic E-state index is 13.6. The summed E-state index contributed by atoms with van der Waals surface area (Å²) >= 11 is 0. The van der Waals surface area contributed by atoms with E-state index in [0.717, 1.165) is 4.31 Å². The molecule has 4 rings (SSSR count). The largest absolute Gasteiger partial charge is 0.328 e. The third-order valence-electron chi connectivity index (χ3n) is 5.22. The molecule has 1 aromatic heterocycles. The predicted octanol–water partition coefficient (Wildman–Crippen LogP) is 1.80. The summed E-state index contributed by atoms with van der Waals surface area (Å²) < 4.78 is 31.2. The first-order chi connectivity index (χ1) is 13.1. The number of fused-ring (bicyclic) bond motifs is 2. The van der Waals surface area contributed by atoms with E-state index in [1.807, 2.05) is 0 Å². The second-order valence-electron chi connectivity index (χ2n) is 7.35. The summed E-state index contributed by atoms with van der Waals surface area (Å²) in [6.07, 6.45) is 0. The fraction of sp³-hybridized carbons (Fsp3) is 0.263. The van der Waals surface area contributed by atoms with Gasteiger partial charge in [0.05, 0.1) is 27.3 Å². The van der Waals surface area contributed by atoms with Crippen LogP contribution in [0.3, 0.4) is 0 Å². The number of aromatic nitrogens is 2. The molecule has 3 aromatic rings. The molecule has 0 bridgehead atoms. The van der Waals surface area contributed by atoms with Crippen LogP contribution in [0.15, 0.2) is 52.2 Å². The SMILES string of the molecule is Cn1c(=O)n(C)c2cc(S(=O)(=O)N3c4ccccc4NC(=O)C3(C)C)ccc21. The molecule has 0 radical (unpaired) electrons. The Hall–Kier alpha value is -3.07. The van der Waals surface area contributed by atoms with Crippen molar-refractivity contribution in [3.63, 3.8) is 0 Å². The monoisotopic (exact) mass is 400 g/mol. The molecule has 1 amide bonds. The minimum atomic E-state index is -4.08. The minimum Gasteiger partial charge on any atom is -0.322 e. The lowest BCUT2D eigenvalue weighted by Gasteiger charge is -2.42. The van der Waals surface area contributed by atoms with Crippen molar-refractivity contribution in [2.24, 2.45) is 14.1 Å². The van der Waals surface area contributed by atoms with Crippen molar-refractivity contribution in [1.82, 2.24) is 9.13 Å². The van der Waals surface area contributed by atoms with Gasteiger partial charge in [0.2, 0.25) is 0 Å². The maximum Gasteiger partial charge on any atom is 0.328 e. The van der Waals surface area contributed by atoms with Crippen LogP contribution in [-0.2, 0) is 28.9 Å². The number of rotatable bonds is 2. The lowest BCUT2D eigenvalue weighted by atomic mass is 10.00. The second kappa shape index (κ2) is 5.71. The topological polar surface area (TPSA) is 93.4 Å². The van der Waals surface area contributed by atoms with Gasteiger partial charge in [-0.25, -0.2) is 17.5 Å². The van der Waals surface area contributed by atoms with Gasteiger partial charge in [-0.2, -0.15) is 0 Å². The summed E-state index contributed by atoms with van der Waals surface area (Å²) in [7, 11) is -0.856. The second-order valence-corrected chi connectivity index (χ2v) is 9.14. The average molecular weight is 400 g/mol. The Bertz CT molecular complexity index is 1300. The molecule has 2 heterocycles. The van der Waals surface area contributed by atoms with Crippen LogP contribution < -0.4 is 15.3 Å². The van der Waals surface area contributed by atoms with Gasteiger partial charge in [-0.3, -0.25) is 13.9 Å². The standard InChI is InChI=1S/C19H20N4O4S/c1-19(2)17(24)20-13-7-5-6-8-14(13)23(19)28(26,27)12-9-10-15-16(11-12)22(4)18(25)21(15)3/h5-11H,1-4H3,(H,20,24). The summed E-state index contributed by atoms with van der Waals surface area (Å²) in [5.41, 5.74) is 0.388. The van der Waals surface area contributed by atoms with Gasteiger partial charge in [0.1, 0.15) is 5.54 Å². The molecular formula is C19H20N4O4S. The molecule has 0 saturated carbocycles. The first kappa shape index (κ1) is 18.3. The number of hydrogen-bond donors (Lipinski definition) is 1. The zero-order valence-corrected chi connectivity index (χ0v) is 16.7. The van der Waals surface area contributed by atoms with Gasteiger partial charge in [-0.15, -0.1) is 0 Å². The van der Waals surface area contributed by atoms with Crippen molar-refractivity contribution >= 4 is 38.3 Å². The van der Waals surface area contributed by atoms with Crippen LogP contribution in [-0.4, -0.2) is 29.0 Å². The van der Waals surface area contributed by atoms with Crippen molar-refractivity contribution in [3.05, 3.63) is 52.9 Å². The van der Waals surface area contributed by atoms with Gasteiger partial charge in [0, 0.05) is 14.1 Å². The fourth-order valence-corrected chi connectivity index (χ4v) is 5.42. The Morgan fingerprint density at radius 1 is 0.929 bits per heavy atom. The van der Waals surface area contributed by atoms with E-state index in [1.54, 1.807) is 58.3 Å². The molecule has 2 aromatic carbocycles. The molecule has 0 fully saturated rings. The molecule has 8 nitrogen and oxygen atoms in total. The summed E-state index contributed by atoms with van der Waals surface area (Å²) in [5, 5.41) is 2.76. The van der Waals surface area contributed by atoms with Gasteiger partial charge in [-0.05, 0) is 44.2 Å². The lowest BCUT2D eigenvalue weighted by molar-refractivity contribution is -0.120. The Kier molecular flexibility index (Phi) is 3.73. The quantitative estimate of drug-likeness (QED) is 0.710. The minimum absolute atomic E-state index is 0.0128. The summed E-state index contributed by atoms with van der Waals surface area (Å²) in [6, 6.07) is 11.3. The molecule has 28 heavy (non-hydrogen) atoms. The molecule has 0 spiro atoms. The Labute approximate surface area is 162 Å². The zero-order chi connectivity index (χ0) is 20.4. The molecular weight excluding hydrogens is 380 g/mol. The highest BCUT2D eigenvalue weighted by Crippen LogP contribution is 2.40. The van der Waals surface area contributed by atoms with Crippen LogP contribution in [0.2, 0.25) is 0 Å². The molecule has 9 heteroatoms. The number of carbonyl (C=O) groups excluding carboxylic acids is 1. The third kappa shape index (κ3) is 2.32. The number of aryl methyl sites for hydroxylation is 2. The van der Waals surface area contributed by atoms with Crippen LogP contribution in [0.4, 0.5) is 11.4 Å². The lowest BCUT2D eigenvalue weighted by Crippen LogP contribution is -2.58. The zero-order valence-electron chi connectivity index (χ0n) is 15.9. The van der Waals surface area contributed by atoms with Gasteiger partial charge in [-0.1, -0.05) is 12.1 Å². The molecule has 0 aliphatic carbocycles. The highest BCUT2D eigenvalue weighted by molar-refractivity contribution is 7.93. The van der Waals surface area contributed by atoms with Crippen molar-refractivity contribution in [1.29, 1.82) is 0 Å². The van der Waals surface area contributed by atoms with Crippen molar-refractivity contribution in [2.45, 2.75) is 24.3 Å². The normalized spacial score (nSPS) is 16.1. The first-order valence-corrected chi connectivity index (χ1v) is 10.1. The molecule has 0 atom stereocenters. The van der Waals surface area contributed by atoms with Gasteiger partial charge >= 0.3 is 5.69 Å². The van der Waals surface area contributed by atoms with Crippen LogP contribution in [0.5, 0.6) is 0 Å². The molecule has 1 aliphatic rings. The predicted molar refractivity (Wildman–Crippen MR) is 107 cm³/mol. The van der Waals surface area contributed by atoms with Crippen LogP contribution in [0.1, 0.15) is 13.8 Å². The smallest absolute Gasteiger partial charge is 0.322 e. The highest BCUT2D eigenvalue weighted by atomic mass is 32.2. The summed E-state index contributed by atoms with van der Waals surface area (Å²) in [5.74, 6) is -0.414. The number of sulfonamides is 1. The van der Waals surface area contributed by atoms with Gasteiger partial charge < -0.3 is 5.32 Å². The Morgan fingerprint density at radius 3 is 2.29 bits per heavy atom. The molecule has 1 N–H and O–H groups in total. The fourth-order valence-electron chi connectivity index (χ4n) is 3.61. The number of nitrogens with one attached hydrogen (secondary N) is 1. The first-order valence-electron chi connectivity index (χ1n) is 8.68. The summed E-state index contributed by atoms with van der Waals surface area (Å²) in [4.78, 5) is 24.8. The van der Waals surface area contributed by atoms with Crippen LogP contribution in [0.25, 0.3) is 11.0 Å². The van der Waals surface area contributed by atoms with Crippen molar-refractivity contribution in [3.8, 4) is 0 Å². The molecule has 1 aliphatic heterocycles. The van der Waals surface area contributed by atoms with E-state index in [4.69, 9.17) is 0 Å². The number of para-hydroxylation sites is 2. The molecule has 146 valence electrons. The number of carbonyl (C=O) groups is 1. The Balaban J connectivity index is 1.98. The molecule has 0 unspecified atom stereocenters. The van der Waals surface area contributed by atoms with E-state index in [0.29, 0.717) is 22.4 Å². The number of nitrogens with zero attached hydrogens (tertiary/aromatic N) is 3. The van der Waals surface area contributed by atoms with Crippen molar-refractivity contribution in [2.75, 3.05) is 9.62 Å². The maximum absolute atomic E-state index is 13.6. The van der Waals surface area contributed by atoms with E-state index in [9.17, 15) is 18.0 Å². The van der Waals surface area contributed by atoms with Crippen molar-refractivity contribution < 1.29 is 13.2 Å². The van der Waals surface area contributed by atoms with Gasteiger partial charge in [0.15, 0.2) is 0 Å². The van der Waals surface area contributed by atoms with Gasteiger partial charge in [0.25, 0.3) is 15.9 Å². The van der Waals surface area contributed by atoms with E-state index in [2.05, 4.69) is 5.32 Å². The number of hydrogen-bond acceptors (Lipinski definition) is 4. The number of amides is 1. The summed E-state index contributed by atoms with van der Waals surface area (Å²) in [6.45, 7) is 3.12. The number of benzene rings is 2. The number of imidazole rings is 1. The number of anilines is 2. The average Bonchev–Trinajstić information content (AvgIpc) is 2.86. The van der Waals surface area contributed by atoms with E-state index in [1.165, 1.54) is 21.3 Å². The molecule has 0 saturated heterocycles. The Morgan fingerprint density at radius 2 is 1.57 bits per heavy atom. The third-order valence-corrected chi connectivity index (χ3v) is 7.20. The van der Waals surface area contributed by atoms with E-state index in [-0.39, 0.29) is 10.6 Å². The van der Waals surface area contributed by atoms with E-state index >= 15 is 0 Å². The van der Waals surface area contributed by atoms with E-state index < -0.39 is 21.5 Å². The van der Waals surface area contributed by atoms with Crippen LogP contribution >= 0.6 is 0 Å². The van der Waals surface area contributed by atoms with Crippen LogP contribution in [0, 0.1) is 0 Å².